The molecule has 1 amide bonds. The van der Waals surface area contributed by atoms with Crippen LogP contribution in [0.25, 0.3) is 0 Å². The predicted octanol–water partition coefficient (Wildman–Crippen LogP) is 0.162. The summed E-state index contributed by atoms with van der Waals surface area (Å²) in [6.07, 6.45) is 2.87. The van der Waals surface area contributed by atoms with Gasteiger partial charge in [0.2, 0.25) is 5.91 Å². The molecule has 0 aliphatic carbocycles. The number of carboxylic acid groups (broad SMARTS) is 1. The molecule has 0 saturated heterocycles. The number of carboxylic acids is 1. The summed E-state index contributed by atoms with van der Waals surface area (Å²) in [4.78, 5) is 31.4. The molecule has 104 valence electrons. The molecule has 0 aromatic carbocycles. The minimum absolute atomic E-state index is 0.00559. The van der Waals surface area contributed by atoms with Gasteiger partial charge in [-0.2, -0.15) is 5.10 Å². The molecule has 9 heteroatoms. The lowest BCUT2D eigenvalue weighted by molar-refractivity contribution is -0.385. The topological polar surface area (TPSA) is 127 Å². The minimum Gasteiger partial charge on any atom is -0.481 e. The van der Waals surface area contributed by atoms with Crippen molar-refractivity contribution in [1.29, 1.82) is 0 Å². The van der Waals surface area contributed by atoms with Gasteiger partial charge in [0.05, 0.1) is 4.92 Å². The van der Waals surface area contributed by atoms with Gasteiger partial charge >= 0.3 is 11.7 Å². The van der Waals surface area contributed by atoms with Crippen molar-refractivity contribution >= 4 is 17.6 Å². The molecular formula is C10H14N4O5. The van der Waals surface area contributed by atoms with E-state index in [2.05, 4.69) is 10.4 Å². The third-order valence-electron chi connectivity index (χ3n) is 2.29. The second-order valence-electron chi connectivity index (χ2n) is 3.82. The van der Waals surface area contributed by atoms with Crippen LogP contribution >= 0.6 is 0 Å². The molecule has 1 rings (SSSR count). The molecule has 0 unspecified atom stereocenters. The summed E-state index contributed by atoms with van der Waals surface area (Å²) < 4.78 is 1.31. The predicted molar refractivity (Wildman–Crippen MR) is 63.4 cm³/mol. The Balaban J connectivity index is 2.22. The fourth-order valence-electron chi connectivity index (χ4n) is 1.34. The lowest BCUT2D eigenvalue weighted by Gasteiger charge is -2.04. The standard InChI is InChI=1S/C10H14N4O5/c15-9(11-4-1-2-10(16)17)3-5-13-7-8(6-12-13)14(18)19/h6-7H,1-5H2,(H,11,15)(H,16,17). The maximum Gasteiger partial charge on any atom is 0.306 e. The normalized spacial score (nSPS) is 10.1. The number of carbonyl (C=O) groups excluding carboxylic acids is 1. The first-order chi connectivity index (χ1) is 8.99. The molecule has 1 heterocycles. The van der Waals surface area contributed by atoms with E-state index in [1.54, 1.807) is 0 Å². The average Bonchev–Trinajstić information content (AvgIpc) is 2.81. The molecule has 9 nitrogen and oxygen atoms in total. The summed E-state index contributed by atoms with van der Waals surface area (Å²) in [6, 6.07) is 0. The number of aromatic nitrogens is 2. The van der Waals surface area contributed by atoms with Crippen LogP contribution in [0.1, 0.15) is 19.3 Å². The van der Waals surface area contributed by atoms with Gasteiger partial charge in [-0.1, -0.05) is 0 Å². The Morgan fingerprint density at radius 3 is 2.79 bits per heavy atom. The van der Waals surface area contributed by atoms with Crippen LogP contribution in [0.5, 0.6) is 0 Å². The first-order valence-electron chi connectivity index (χ1n) is 5.64. The van der Waals surface area contributed by atoms with Gasteiger partial charge in [-0.3, -0.25) is 24.4 Å². The van der Waals surface area contributed by atoms with Crippen molar-refractivity contribution < 1.29 is 19.6 Å². The van der Waals surface area contributed by atoms with Gasteiger partial charge in [-0.05, 0) is 6.42 Å². The lowest BCUT2D eigenvalue weighted by atomic mass is 10.3. The van der Waals surface area contributed by atoms with Crippen molar-refractivity contribution in [1.82, 2.24) is 15.1 Å². The van der Waals surface area contributed by atoms with Crippen LogP contribution in [0.2, 0.25) is 0 Å². The smallest absolute Gasteiger partial charge is 0.306 e. The van der Waals surface area contributed by atoms with Crippen molar-refractivity contribution in [3.05, 3.63) is 22.5 Å². The Morgan fingerprint density at radius 1 is 1.47 bits per heavy atom. The van der Waals surface area contributed by atoms with Gasteiger partial charge in [-0.15, -0.1) is 0 Å². The van der Waals surface area contributed by atoms with Gasteiger partial charge in [0.1, 0.15) is 12.4 Å². The molecule has 0 bridgehead atoms. The number of nitrogens with one attached hydrogen (secondary N) is 1. The van der Waals surface area contributed by atoms with E-state index >= 15 is 0 Å². The minimum atomic E-state index is -0.905. The van der Waals surface area contributed by atoms with Gasteiger partial charge in [0.15, 0.2) is 0 Å². The van der Waals surface area contributed by atoms with Crippen LogP contribution in [0.3, 0.4) is 0 Å². The Kier molecular flexibility index (Phi) is 5.45. The summed E-state index contributed by atoms with van der Waals surface area (Å²) in [6.45, 7) is 0.531. The molecule has 1 aromatic heterocycles. The van der Waals surface area contributed by atoms with Crippen molar-refractivity contribution in [2.24, 2.45) is 0 Å². The number of carbonyl (C=O) groups is 2. The van der Waals surface area contributed by atoms with E-state index in [1.807, 2.05) is 0 Å². The molecule has 2 N–H and O–H groups in total. The fourth-order valence-corrected chi connectivity index (χ4v) is 1.34. The molecule has 0 aliphatic rings. The highest BCUT2D eigenvalue weighted by Crippen LogP contribution is 2.07. The largest absolute Gasteiger partial charge is 0.481 e. The monoisotopic (exact) mass is 270 g/mol. The maximum absolute atomic E-state index is 11.4. The van der Waals surface area contributed by atoms with Crippen LogP contribution in [-0.4, -0.2) is 38.2 Å². The summed E-state index contributed by atoms with van der Waals surface area (Å²) >= 11 is 0. The second-order valence-corrected chi connectivity index (χ2v) is 3.82. The Morgan fingerprint density at radius 2 is 2.21 bits per heavy atom. The first-order valence-corrected chi connectivity index (χ1v) is 5.64. The summed E-state index contributed by atoms with van der Waals surface area (Å²) in [7, 11) is 0. The SMILES string of the molecule is O=C(O)CCCNC(=O)CCn1cc([N+](=O)[O-])cn1. The van der Waals surface area contributed by atoms with E-state index in [1.165, 1.54) is 10.9 Å². The molecule has 0 radical (unpaired) electrons. The van der Waals surface area contributed by atoms with Gasteiger partial charge in [0, 0.05) is 25.9 Å². The highest BCUT2D eigenvalue weighted by Gasteiger charge is 2.09. The highest BCUT2D eigenvalue weighted by molar-refractivity contribution is 5.75. The number of nitrogens with zero attached hydrogens (tertiary/aromatic N) is 3. The van der Waals surface area contributed by atoms with Crippen LogP contribution in [-0.2, 0) is 16.1 Å². The zero-order valence-electron chi connectivity index (χ0n) is 10.1. The van der Waals surface area contributed by atoms with Crippen LogP contribution < -0.4 is 5.32 Å². The van der Waals surface area contributed by atoms with Crippen LogP contribution in [0, 0.1) is 10.1 Å². The summed E-state index contributed by atoms with van der Waals surface area (Å²) in [5.41, 5.74) is -0.123. The van der Waals surface area contributed by atoms with Gasteiger partial charge in [0.25, 0.3) is 0 Å². The Labute approximate surface area is 108 Å². The van der Waals surface area contributed by atoms with Crippen molar-refractivity contribution in [3.63, 3.8) is 0 Å². The fraction of sp³-hybridized carbons (Fsp3) is 0.500. The number of hydrogen-bond donors (Lipinski definition) is 2. The number of aryl methyl sites for hydroxylation is 1. The number of nitro groups is 1. The molecule has 0 saturated carbocycles. The van der Waals surface area contributed by atoms with E-state index in [0.717, 1.165) is 6.20 Å². The summed E-state index contributed by atoms with van der Waals surface area (Å²) in [5, 5.41) is 25.1. The third kappa shape index (κ3) is 5.61. The van der Waals surface area contributed by atoms with E-state index in [0.29, 0.717) is 13.0 Å². The molecule has 0 spiro atoms. The van der Waals surface area contributed by atoms with E-state index in [-0.39, 0.29) is 31.0 Å². The van der Waals surface area contributed by atoms with E-state index in [9.17, 15) is 19.7 Å². The van der Waals surface area contributed by atoms with E-state index in [4.69, 9.17) is 5.11 Å². The zero-order valence-corrected chi connectivity index (χ0v) is 10.1. The quantitative estimate of drug-likeness (QED) is 0.393. The van der Waals surface area contributed by atoms with Crippen molar-refractivity contribution in [2.45, 2.75) is 25.8 Å². The molecule has 1 aromatic rings. The van der Waals surface area contributed by atoms with Crippen molar-refractivity contribution in [2.75, 3.05) is 6.54 Å². The number of hydrogen-bond acceptors (Lipinski definition) is 5. The van der Waals surface area contributed by atoms with Crippen molar-refractivity contribution in [3.8, 4) is 0 Å². The van der Waals surface area contributed by atoms with Gasteiger partial charge < -0.3 is 10.4 Å². The van der Waals surface area contributed by atoms with Crippen LogP contribution in [0.4, 0.5) is 5.69 Å². The average molecular weight is 270 g/mol. The van der Waals surface area contributed by atoms with Crippen LogP contribution in [0.15, 0.2) is 12.4 Å². The molecule has 0 aliphatic heterocycles. The maximum atomic E-state index is 11.4. The Bertz CT molecular complexity index is 470. The molecule has 0 fully saturated rings. The highest BCUT2D eigenvalue weighted by atomic mass is 16.6. The Hall–Kier alpha value is -2.45. The first kappa shape index (κ1) is 14.6. The number of aliphatic carboxylic acids is 1. The summed E-state index contributed by atoms with van der Waals surface area (Å²) in [5.74, 6) is -1.15. The third-order valence-corrected chi connectivity index (χ3v) is 2.29. The van der Waals surface area contributed by atoms with Gasteiger partial charge in [-0.25, -0.2) is 0 Å². The second kappa shape index (κ2) is 7.09. The zero-order chi connectivity index (χ0) is 14.3. The number of amides is 1. The molecule has 19 heavy (non-hydrogen) atoms. The lowest BCUT2D eigenvalue weighted by Crippen LogP contribution is -2.25. The van der Waals surface area contributed by atoms with E-state index < -0.39 is 10.9 Å². The molecular weight excluding hydrogens is 256 g/mol. The molecule has 0 atom stereocenters. The number of rotatable bonds is 8.